The number of anilines is 2. The van der Waals surface area contributed by atoms with E-state index in [1.54, 1.807) is 36.4 Å². The van der Waals surface area contributed by atoms with Crippen molar-refractivity contribution in [2.75, 3.05) is 10.2 Å². The maximum Gasteiger partial charge on any atom is 0.248 e. The van der Waals surface area contributed by atoms with Gasteiger partial charge in [0.1, 0.15) is 0 Å². The summed E-state index contributed by atoms with van der Waals surface area (Å²) >= 11 is 3.36. The molecule has 0 spiro atoms. The Labute approximate surface area is 182 Å². The molecule has 2 aliphatic carbocycles. The lowest BCUT2D eigenvalue weighted by atomic mass is 9.85. The lowest BCUT2D eigenvalue weighted by molar-refractivity contribution is -0.123. The fraction of sp³-hybridized carbons (Fsp3) is 0.208. The first kappa shape index (κ1) is 19.0. The highest BCUT2D eigenvalue weighted by Crippen LogP contribution is 2.53. The molecule has 1 saturated carbocycles. The Morgan fingerprint density at radius 3 is 2.33 bits per heavy atom. The zero-order valence-electron chi connectivity index (χ0n) is 16.0. The van der Waals surface area contributed by atoms with E-state index in [9.17, 15) is 14.4 Å². The molecule has 3 amide bonds. The average molecular weight is 463 g/mol. The zero-order chi connectivity index (χ0) is 20.8. The number of nitrogens with zero attached hydrogens (tertiary/aromatic N) is 1. The molecule has 30 heavy (non-hydrogen) atoms. The van der Waals surface area contributed by atoms with Crippen LogP contribution in [0.4, 0.5) is 11.4 Å². The maximum absolute atomic E-state index is 13.0. The Bertz CT molecular complexity index is 1080. The van der Waals surface area contributed by atoms with Crippen molar-refractivity contribution in [3.8, 4) is 0 Å². The highest BCUT2D eigenvalue weighted by molar-refractivity contribution is 9.10. The van der Waals surface area contributed by atoms with Gasteiger partial charge in [-0.15, -0.1) is 0 Å². The van der Waals surface area contributed by atoms with Gasteiger partial charge in [-0.25, -0.2) is 4.90 Å². The van der Waals surface area contributed by atoms with Crippen molar-refractivity contribution in [1.82, 2.24) is 0 Å². The van der Waals surface area contributed by atoms with Crippen LogP contribution in [-0.2, 0) is 14.4 Å². The van der Waals surface area contributed by atoms with E-state index in [1.807, 2.05) is 18.2 Å². The maximum atomic E-state index is 13.0. The molecule has 4 unspecified atom stereocenters. The van der Waals surface area contributed by atoms with Crippen molar-refractivity contribution in [3.63, 3.8) is 0 Å². The van der Waals surface area contributed by atoms with E-state index in [1.165, 1.54) is 11.0 Å². The number of allylic oxidation sites excluding steroid dienone is 2. The van der Waals surface area contributed by atoms with Gasteiger partial charge in [-0.05, 0) is 66.3 Å². The van der Waals surface area contributed by atoms with Gasteiger partial charge in [0, 0.05) is 16.2 Å². The minimum absolute atomic E-state index is 0.101. The van der Waals surface area contributed by atoms with Crippen LogP contribution in [0.1, 0.15) is 12.0 Å². The number of hydrogen-bond donors (Lipinski definition) is 1. The average Bonchev–Trinajstić information content (AvgIpc) is 3.42. The first-order valence-electron chi connectivity index (χ1n) is 9.92. The van der Waals surface area contributed by atoms with E-state index in [2.05, 4.69) is 33.4 Å². The topological polar surface area (TPSA) is 66.5 Å². The molecule has 1 N–H and O–H groups in total. The SMILES string of the molecule is O=C(C=Cc1cccc(N2C(=O)C3C4C=CC(C4)C3C2=O)c1)Nc1ccc(Br)cc1. The first-order valence-corrected chi connectivity index (χ1v) is 10.7. The van der Waals surface area contributed by atoms with Gasteiger partial charge in [0.2, 0.25) is 17.7 Å². The summed E-state index contributed by atoms with van der Waals surface area (Å²) in [6, 6.07) is 14.5. The van der Waals surface area contributed by atoms with Crippen LogP contribution < -0.4 is 10.2 Å². The number of hydrogen-bond acceptors (Lipinski definition) is 3. The Hall–Kier alpha value is -2.99. The smallest absolute Gasteiger partial charge is 0.248 e. The normalized spacial score (nSPS) is 26.6. The van der Waals surface area contributed by atoms with Gasteiger partial charge in [-0.2, -0.15) is 0 Å². The minimum Gasteiger partial charge on any atom is -0.323 e. The molecule has 0 radical (unpaired) electrons. The summed E-state index contributed by atoms with van der Waals surface area (Å²) in [5, 5.41) is 2.79. The number of rotatable bonds is 4. The predicted octanol–water partition coefficient (Wildman–Crippen LogP) is 4.41. The molecule has 4 atom stereocenters. The Morgan fingerprint density at radius 2 is 1.67 bits per heavy atom. The molecule has 1 heterocycles. The molecule has 1 saturated heterocycles. The quantitative estimate of drug-likeness (QED) is 0.415. The van der Waals surface area contributed by atoms with Crippen molar-refractivity contribution in [2.45, 2.75) is 6.42 Å². The van der Waals surface area contributed by atoms with Gasteiger partial charge in [0.15, 0.2) is 0 Å². The molecule has 150 valence electrons. The molecule has 2 fully saturated rings. The second-order valence-corrected chi connectivity index (χ2v) is 8.85. The molecule has 1 aliphatic heterocycles. The molecular formula is C24H19BrN2O3. The minimum atomic E-state index is -0.256. The Balaban J connectivity index is 1.32. The summed E-state index contributed by atoms with van der Waals surface area (Å²) in [5.74, 6) is -0.523. The number of benzene rings is 2. The van der Waals surface area contributed by atoms with Crippen LogP contribution in [0.2, 0.25) is 0 Å². The summed E-state index contributed by atoms with van der Waals surface area (Å²) in [5.41, 5.74) is 2.01. The highest BCUT2D eigenvalue weighted by atomic mass is 79.9. The van der Waals surface area contributed by atoms with E-state index < -0.39 is 0 Å². The molecule has 5 rings (SSSR count). The van der Waals surface area contributed by atoms with Gasteiger partial charge in [-0.3, -0.25) is 14.4 Å². The van der Waals surface area contributed by atoms with Crippen molar-refractivity contribution in [3.05, 3.63) is 76.8 Å². The van der Waals surface area contributed by atoms with Crippen LogP contribution in [0.25, 0.3) is 6.08 Å². The molecule has 6 heteroatoms. The Kier molecular flexibility index (Phi) is 4.66. The van der Waals surface area contributed by atoms with E-state index in [4.69, 9.17) is 0 Å². The lowest BCUT2D eigenvalue weighted by Gasteiger charge is -2.17. The van der Waals surface area contributed by atoms with Crippen LogP contribution in [0.15, 0.2) is 71.2 Å². The van der Waals surface area contributed by atoms with Crippen LogP contribution in [-0.4, -0.2) is 17.7 Å². The van der Waals surface area contributed by atoms with Crippen LogP contribution in [0.3, 0.4) is 0 Å². The lowest BCUT2D eigenvalue weighted by Crippen LogP contribution is -2.32. The van der Waals surface area contributed by atoms with Crippen molar-refractivity contribution >= 4 is 51.1 Å². The van der Waals surface area contributed by atoms with Crippen molar-refractivity contribution < 1.29 is 14.4 Å². The fourth-order valence-corrected chi connectivity index (χ4v) is 5.08. The summed E-state index contributed by atoms with van der Waals surface area (Å²) in [6.45, 7) is 0. The molecule has 0 aromatic heterocycles. The molecule has 2 aromatic carbocycles. The molecular weight excluding hydrogens is 444 g/mol. The third-order valence-corrected chi connectivity index (χ3v) is 6.67. The van der Waals surface area contributed by atoms with Crippen LogP contribution >= 0.6 is 15.9 Å². The number of carbonyl (C=O) groups is 3. The second kappa shape index (κ2) is 7.36. The van der Waals surface area contributed by atoms with Crippen molar-refractivity contribution in [1.29, 1.82) is 0 Å². The van der Waals surface area contributed by atoms with E-state index in [0.29, 0.717) is 11.4 Å². The number of amides is 3. The van der Waals surface area contributed by atoms with E-state index in [-0.39, 0.29) is 41.4 Å². The molecule has 2 bridgehead atoms. The summed E-state index contributed by atoms with van der Waals surface area (Å²) in [4.78, 5) is 39.5. The summed E-state index contributed by atoms with van der Waals surface area (Å²) in [6.07, 6.45) is 8.20. The summed E-state index contributed by atoms with van der Waals surface area (Å²) in [7, 11) is 0. The van der Waals surface area contributed by atoms with Crippen LogP contribution in [0, 0.1) is 23.7 Å². The molecule has 3 aliphatic rings. The third-order valence-electron chi connectivity index (χ3n) is 6.14. The monoisotopic (exact) mass is 462 g/mol. The fourth-order valence-electron chi connectivity index (χ4n) is 4.81. The van der Waals surface area contributed by atoms with Gasteiger partial charge in [0.05, 0.1) is 17.5 Å². The number of nitrogens with one attached hydrogen (secondary N) is 1. The Morgan fingerprint density at radius 1 is 1.00 bits per heavy atom. The number of carbonyl (C=O) groups excluding carboxylic acids is 3. The molecule has 5 nitrogen and oxygen atoms in total. The van der Waals surface area contributed by atoms with Crippen molar-refractivity contribution in [2.24, 2.45) is 23.7 Å². The third kappa shape index (κ3) is 3.21. The second-order valence-electron chi connectivity index (χ2n) is 7.94. The van der Waals surface area contributed by atoms with Gasteiger partial charge in [-0.1, -0.05) is 40.2 Å². The van der Waals surface area contributed by atoms with Gasteiger partial charge in [0.25, 0.3) is 0 Å². The van der Waals surface area contributed by atoms with Gasteiger partial charge < -0.3 is 5.32 Å². The predicted molar refractivity (Wildman–Crippen MR) is 118 cm³/mol. The van der Waals surface area contributed by atoms with E-state index >= 15 is 0 Å². The number of halogens is 1. The van der Waals surface area contributed by atoms with Gasteiger partial charge >= 0.3 is 0 Å². The number of imide groups is 1. The highest BCUT2D eigenvalue weighted by Gasteiger charge is 2.59. The molecule has 2 aromatic rings. The summed E-state index contributed by atoms with van der Waals surface area (Å²) < 4.78 is 0.937. The largest absolute Gasteiger partial charge is 0.323 e. The van der Waals surface area contributed by atoms with E-state index in [0.717, 1.165) is 16.5 Å². The van der Waals surface area contributed by atoms with Crippen LogP contribution in [0.5, 0.6) is 0 Å². The standard InChI is InChI=1S/C24H19BrN2O3/c25-17-7-9-18(10-8-17)26-20(28)11-4-14-2-1-3-19(12-14)27-23(29)21-15-5-6-16(13-15)22(21)24(27)30/h1-12,15-16,21-22H,13H2,(H,26,28). The number of fused-ring (bicyclic) bond motifs is 5. The first-order chi connectivity index (χ1) is 14.5. The zero-order valence-corrected chi connectivity index (χ0v) is 17.6.